The molecule has 0 radical (unpaired) electrons. The van der Waals surface area contributed by atoms with Crippen molar-refractivity contribution in [1.29, 1.82) is 0 Å². The molecular weight excluding hydrogens is 193 g/mol. The predicted molar refractivity (Wildman–Crippen MR) is 57.8 cm³/mol. The number of anilines is 1. The van der Waals surface area contributed by atoms with Gasteiger partial charge >= 0.3 is 0 Å². The molecule has 3 nitrogen and oxygen atoms in total. The molecule has 78 valence electrons. The van der Waals surface area contributed by atoms with Crippen molar-refractivity contribution in [2.45, 2.75) is 13.3 Å². The van der Waals surface area contributed by atoms with Crippen LogP contribution < -0.4 is 5.73 Å². The molecule has 1 aromatic heterocycles. The maximum atomic E-state index is 12.7. The highest BCUT2D eigenvalue weighted by Crippen LogP contribution is 2.25. The number of hydrogen-bond donors (Lipinski definition) is 2. The van der Waals surface area contributed by atoms with Crippen molar-refractivity contribution in [3.05, 3.63) is 35.6 Å². The highest BCUT2D eigenvalue weighted by Gasteiger charge is 2.10. The fraction of sp³-hybridized carbons (Fsp3) is 0.182. The van der Waals surface area contributed by atoms with E-state index in [-0.39, 0.29) is 5.82 Å². The number of nitrogens with two attached hydrogens (primary N) is 1. The summed E-state index contributed by atoms with van der Waals surface area (Å²) in [4.78, 5) is 0. The molecule has 0 aliphatic heterocycles. The number of benzene rings is 1. The number of nitrogens with zero attached hydrogens (tertiary/aromatic N) is 1. The summed E-state index contributed by atoms with van der Waals surface area (Å²) in [6.45, 7) is 2.01. The lowest BCUT2D eigenvalue weighted by atomic mass is 10.1. The second kappa shape index (κ2) is 3.73. The van der Waals surface area contributed by atoms with Gasteiger partial charge in [0.05, 0.1) is 5.69 Å². The Bertz CT molecular complexity index is 459. The number of aromatic nitrogens is 2. The molecular formula is C11H12FN3. The van der Waals surface area contributed by atoms with Crippen molar-refractivity contribution in [3.8, 4) is 11.3 Å². The molecule has 0 aliphatic rings. The molecule has 0 fully saturated rings. The quantitative estimate of drug-likeness (QED) is 0.790. The van der Waals surface area contributed by atoms with Crippen molar-refractivity contribution in [2.24, 2.45) is 0 Å². The lowest BCUT2D eigenvalue weighted by Gasteiger charge is -2.00. The van der Waals surface area contributed by atoms with Crippen molar-refractivity contribution < 1.29 is 4.39 Å². The van der Waals surface area contributed by atoms with Gasteiger partial charge in [0.1, 0.15) is 11.6 Å². The van der Waals surface area contributed by atoms with Crippen LogP contribution in [0.2, 0.25) is 0 Å². The van der Waals surface area contributed by atoms with Crippen LogP contribution >= 0.6 is 0 Å². The number of hydrogen-bond acceptors (Lipinski definition) is 2. The molecule has 15 heavy (non-hydrogen) atoms. The summed E-state index contributed by atoms with van der Waals surface area (Å²) in [5, 5.41) is 6.85. The Kier molecular flexibility index (Phi) is 2.41. The van der Waals surface area contributed by atoms with Crippen LogP contribution in [0.25, 0.3) is 11.3 Å². The zero-order valence-electron chi connectivity index (χ0n) is 8.42. The SMILES string of the molecule is CCc1c(-c2ccc(F)cc2)n[nH]c1N. The van der Waals surface area contributed by atoms with Gasteiger partial charge in [-0.2, -0.15) is 5.10 Å². The van der Waals surface area contributed by atoms with E-state index in [9.17, 15) is 4.39 Å². The first kappa shape index (κ1) is 9.71. The van der Waals surface area contributed by atoms with Gasteiger partial charge in [-0.25, -0.2) is 4.39 Å². The fourth-order valence-corrected chi connectivity index (χ4v) is 1.58. The monoisotopic (exact) mass is 205 g/mol. The number of nitrogen functional groups attached to an aromatic ring is 1. The van der Waals surface area contributed by atoms with E-state index in [1.807, 2.05) is 6.92 Å². The first-order valence-electron chi connectivity index (χ1n) is 4.81. The topological polar surface area (TPSA) is 54.7 Å². The molecule has 0 atom stereocenters. The van der Waals surface area contributed by atoms with Crippen LogP contribution in [0.4, 0.5) is 10.2 Å². The zero-order valence-corrected chi connectivity index (χ0v) is 8.42. The molecule has 0 amide bonds. The van der Waals surface area contributed by atoms with E-state index in [4.69, 9.17) is 5.73 Å². The summed E-state index contributed by atoms with van der Waals surface area (Å²) < 4.78 is 12.7. The number of H-pyrrole nitrogens is 1. The lowest BCUT2D eigenvalue weighted by Crippen LogP contribution is -1.90. The molecule has 0 aliphatic carbocycles. The standard InChI is InChI=1S/C11H12FN3/c1-2-9-10(14-15-11(9)13)7-3-5-8(12)6-4-7/h3-6H,2H2,1H3,(H3,13,14,15). The van der Waals surface area contributed by atoms with Crippen molar-refractivity contribution in [2.75, 3.05) is 5.73 Å². The maximum absolute atomic E-state index is 12.7. The number of rotatable bonds is 2. The summed E-state index contributed by atoms with van der Waals surface area (Å²) in [6, 6.07) is 6.23. The van der Waals surface area contributed by atoms with Gasteiger partial charge in [0, 0.05) is 11.1 Å². The van der Waals surface area contributed by atoms with Crippen LogP contribution in [0.1, 0.15) is 12.5 Å². The minimum atomic E-state index is -0.250. The van der Waals surface area contributed by atoms with Gasteiger partial charge in [0.15, 0.2) is 0 Å². The van der Waals surface area contributed by atoms with Crippen LogP contribution in [-0.2, 0) is 6.42 Å². The summed E-state index contributed by atoms with van der Waals surface area (Å²) in [5.41, 5.74) is 8.38. The van der Waals surface area contributed by atoms with Gasteiger partial charge in [0.2, 0.25) is 0 Å². The Labute approximate surface area is 87.1 Å². The average molecular weight is 205 g/mol. The Morgan fingerprint density at radius 3 is 2.60 bits per heavy atom. The van der Waals surface area contributed by atoms with Gasteiger partial charge in [0.25, 0.3) is 0 Å². The molecule has 1 heterocycles. The van der Waals surface area contributed by atoms with E-state index in [2.05, 4.69) is 10.2 Å². The third-order valence-electron chi connectivity index (χ3n) is 2.37. The Morgan fingerprint density at radius 2 is 2.00 bits per heavy atom. The second-order valence-electron chi connectivity index (χ2n) is 3.32. The molecule has 3 N–H and O–H groups in total. The van der Waals surface area contributed by atoms with E-state index in [0.29, 0.717) is 5.82 Å². The molecule has 1 aromatic carbocycles. The Balaban J connectivity index is 2.49. The average Bonchev–Trinajstić information content (AvgIpc) is 2.61. The molecule has 2 rings (SSSR count). The van der Waals surface area contributed by atoms with Crippen LogP contribution in [0.15, 0.2) is 24.3 Å². The minimum absolute atomic E-state index is 0.250. The summed E-state index contributed by atoms with van der Waals surface area (Å²) in [7, 11) is 0. The van der Waals surface area contributed by atoms with E-state index in [1.54, 1.807) is 12.1 Å². The highest BCUT2D eigenvalue weighted by molar-refractivity contribution is 5.67. The van der Waals surface area contributed by atoms with E-state index >= 15 is 0 Å². The third kappa shape index (κ3) is 1.70. The first-order chi connectivity index (χ1) is 7.22. The number of halogens is 1. The van der Waals surface area contributed by atoms with Crippen molar-refractivity contribution in [3.63, 3.8) is 0 Å². The van der Waals surface area contributed by atoms with Gasteiger partial charge in [-0.15, -0.1) is 0 Å². The van der Waals surface area contributed by atoms with Crippen molar-refractivity contribution in [1.82, 2.24) is 10.2 Å². The Morgan fingerprint density at radius 1 is 1.33 bits per heavy atom. The largest absolute Gasteiger partial charge is 0.384 e. The van der Waals surface area contributed by atoms with Gasteiger partial charge in [-0.1, -0.05) is 6.92 Å². The summed E-state index contributed by atoms with van der Waals surface area (Å²) >= 11 is 0. The van der Waals surface area contributed by atoms with E-state index < -0.39 is 0 Å². The first-order valence-corrected chi connectivity index (χ1v) is 4.81. The molecule has 2 aromatic rings. The maximum Gasteiger partial charge on any atom is 0.123 e. The number of nitrogens with one attached hydrogen (secondary N) is 1. The molecule has 0 bridgehead atoms. The molecule has 0 unspecified atom stereocenters. The fourth-order valence-electron chi connectivity index (χ4n) is 1.58. The molecule has 0 saturated heterocycles. The third-order valence-corrected chi connectivity index (χ3v) is 2.37. The normalized spacial score (nSPS) is 10.5. The van der Waals surface area contributed by atoms with Crippen molar-refractivity contribution >= 4 is 5.82 Å². The molecule has 0 saturated carbocycles. The second-order valence-corrected chi connectivity index (χ2v) is 3.32. The summed E-state index contributed by atoms with van der Waals surface area (Å²) in [6.07, 6.45) is 0.801. The van der Waals surface area contributed by atoms with E-state index in [0.717, 1.165) is 23.2 Å². The molecule has 4 heteroatoms. The van der Waals surface area contributed by atoms with Crippen LogP contribution in [0.3, 0.4) is 0 Å². The van der Waals surface area contributed by atoms with Crippen LogP contribution in [0.5, 0.6) is 0 Å². The minimum Gasteiger partial charge on any atom is -0.384 e. The Hall–Kier alpha value is -1.84. The van der Waals surface area contributed by atoms with Gasteiger partial charge in [-0.3, -0.25) is 5.10 Å². The highest BCUT2D eigenvalue weighted by atomic mass is 19.1. The smallest absolute Gasteiger partial charge is 0.123 e. The molecule has 0 spiro atoms. The number of aromatic amines is 1. The zero-order chi connectivity index (χ0) is 10.8. The van der Waals surface area contributed by atoms with Gasteiger partial charge < -0.3 is 5.73 Å². The van der Waals surface area contributed by atoms with Crippen LogP contribution in [-0.4, -0.2) is 10.2 Å². The van der Waals surface area contributed by atoms with E-state index in [1.165, 1.54) is 12.1 Å². The predicted octanol–water partition coefficient (Wildman–Crippen LogP) is 2.36. The van der Waals surface area contributed by atoms with Gasteiger partial charge in [-0.05, 0) is 30.7 Å². The van der Waals surface area contributed by atoms with Crippen LogP contribution in [0, 0.1) is 5.82 Å². The summed E-state index contributed by atoms with van der Waals surface area (Å²) in [5.74, 6) is 0.331. The lowest BCUT2D eigenvalue weighted by molar-refractivity contribution is 0.628.